The van der Waals surface area contributed by atoms with E-state index in [1.54, 1.807) is 12.1 Å². The number of likely N-dealkylation sites (tertiary alicyclic amines) is 1. The van der Waals surface area contributed by atoms with Gasteiger partial charge in [-0.3, -0.25) is 14.5 Å². The molecule has 2 amide bonds. The molecule has 3 N–H and O–H groups in total. The number of carbonyl (C=O) groups excluding carboxylic acids is 2. The lowest BCUT2D eigenvalue weighted by Crippen LogP contribution is -2.54. The summed E-state index contributed by atoms with van der Waals surface area (Å²) in [6.45, 7) is -0.329. The van der Waals surface area contributed by atoms with Crippen LogP contribution in [0.1, 0.15) is 24.5 Å². The van der Waals surface area contributed by atoms with Gasteiger partial charge in [0, 0.05) is 24.3 Å². The maximum Gasteiger partial charge on any atom is 0.233 e. The number of amides is 2. The van der Waals surface area contributed by atoms with Gasteiger partial charge in [-0.15, -0.1) is 0 Å². The summed E-state index contributed by atoms with van der Waals surface area (Å²) in [5.41, 5.74) is 0.805. The number of nitrogens with zero attached hydrogens (tertiary/aromatic N) is 1. The monoisotopic (exact) mass is 397 g/mol. The molecule has 152 valence electrons. The van der Waals surface area contributed by atoms with E-state index >= 15 is 0 Å². The van der Waals surface area contributed by atoms with Gasteiger partial charge >= 0.3 is 0 Å². The van der Waals surface area contributed by atoms with Gasteiger partial charge in [0.2, 0.25) is 11.8 Å². The number of benzene rings is 2. The number of hydrogen-bond acceptors (Lipinski definition) is 6. The van der Waals surface area contributed by atoms with Crippen LogP contribution in [0.4, 0.5) is 0 Å². The first kappa shape index (κ1) is 18.5. The van der Waals surface area contributed by atoms with Crippen LogP contribution in [-0.4, -0.2) is 51.5 Å². The summed E-state index contributed by atoms with van der Waals surface area (Å²) in [5.74, 6) is -4.48. The van der Waals surface area contributed by atoms with E-state index in [1.807, 2.05) is 24.3 Å². The molecule has 2 heterocycles. The zero-order valence-corrected chi connectivity index (χ0v) is 16.0. The molecule has 3 aliphatic rings. The number of aliphatic hydroxyl groups is 2. The van der Waals surface area contributed by atoms with E-state index in [2.05, 4.69) is 0 Å². The van der Waals surface area contributed by atoms with E-state index in [1.165, 1.54) is 7.05 Å². The molecular formula is C22H23NO6. The number of fused-ring (bicyclic) bond motifs is 4. The SMILES string of the molecule is CN1C(=O)[C@H]2[C@H](C[C@H](CO)[C@@]3(O)O[C@H](c4ccc(O)c5ccccc45)C[C@@H]23)C1=O. The normalized spacial score (nSPS) is 36.5. The van der Waals surface area contributed by atoms with Crippen LogP contribution in [0.2, 0.25) is 0 Å². The third kappa shape index (κ3) is 2.41. The van der Waals surface area contributed by atoms with Crippen molar-refractivity contribution in [2.24, 2.45) is 23.7 Å². The zero-order valence-electron chi connectivity index (χ0n) is 16.0. The van der Waals surface area contributed by atoms with Crippen molar-refractivity contribution in [1.82, 2.24) is 4.90 Å². The number of ether oxygens (including phenoxy) is 1. The fourth-order valence-corrected chi connectivity index (χ4v) is 5.63. The first-order valence-electron chi connectivity index (χ1n) is 9.90. The maximum atomic E-state index is 12.8. The number of imide groups is 1. The summed E-state index contributed by atoms with van der Waals surface area (Å²) in [6.07, 6.45) is 0.0548. The predicted molar refractivity (Wildman–Crippen MR) is 102 cm³/mol. The summed E-state index contributed by atoms with van der Waals surface area (Å²) in [5, 5.41) is 33.0. The maximum absolute atomic E-state index is 12.8. The fourth-order valence-electron chi connectivity index (χ4n) is 5.63. The average Bonchev–Trinajstić information content (AvgIpc) is 3.18. The highest BCUT2D eigenvalue weighted by Crippen LogP contribution is 2.58. The highest BCUT2D eigenvalue weighted by Gasteiger charge is 2.66. The Morgan fingerprint density at radius 2 is 1.83 bits per heavy atom. The molecule has 0 unspecified atom stereocenters. The molecule has 3 fully saturated rings. The molecule has 7 nitrogen and oxygen atoms in total. The van der Waals surface area contributed by atoms with Crippen LogP contribution in [0.3, 0.4) is 0 Å². The second-order valence-electron chi connectivity index (χ2n) is 8.40. The van der Waals surface area contributed by atoms with Crippen molar-refractivity contribution in [2.45, 2.75) is 24.7 Å². The van der Waals surface area contributed by atoms with Crippen molar-refractivity contribution in [3.63, 3.8) is 0 Å². The van der Waals surface area contributed by atoms with Gasteiger partial charge in [0.15, 0.2) is 5.79 Å². The molecule has 1 aliphatic carbocycles. The number of aliphatic hydroxyl groups excluding tert-OH is 1. The first-order valence-corrected chi connectivity index (χ1v) is 9.90. The number of carbonyl (C=O) groups is 2. The molecule has 0 radical (unpaired) electrons. The van der Waals surface area contributed by atoms with Gasteiger partial charge in [-0.2, -0.15) is 0 Å². The summed E-state index contributed by atoms with van der Waals surface area (Å²) in [6, 6.07) is 10.7. The van der Waals surface area contributed by atoms with E-state index < -0.39 is 35.6 Å². The lowest BCUT2D eigenvalue weighted by atomic mass is 9.64. The van der Waals surface area contributed by atoms with Crippen LogP contribution >= 0.6 is 0 Å². The molecule has 2 aliphatic heterocycles. The van der Waals surface area contributed by atoms with Gasteiger partial charge in [-0.05, 0) is 29.9 Å². The molecule has 6 atom stereocenters. The average molecular weight is 397 g/mol. The smallest absolute Gasteiger partial charge is 0.233 e. The third-order valence-corrected chi connectivity index (χ3v) is 7.09. The Bertz CT molecular complexity index is 1020. The van der Waals surface area contributed by atoms with E-state index in [4.69, 9.17) is 4.74 Å². The minimum Gasteiger partial charge on any atom is -0.507 e. The van der Waals surface area contributed by atoms with Crippen LogP contribution < -0.4 is 0 Å². The molecular weight excluding hydrogens is 374 g/mol. The zero-order chi connectivity index (χ0) is 20.5. The van der Waals surface area contributed by atoms with Crippen molar-refractivity contribution in [2.75, 3.05) is 13.7 Å². The van der Waals surface area contributed by atoms with Crippen LogP contribution in [-0.2, 0) is 14.3 Å². The number of rotatable bonds is 2. The number of aromatic hydroxyl groups is 1. The molecule has 5 rings (SSSR count). The highest BCUT2D eigenvalue weighted by molar-refractivity contribution is 6.05. The Morgan fingerprint density at radius 3 is 2.55 bits per heavy atom. The molecule has 1 saturated carbocycles. The Kier molecular flexibility index (Phi) is 4.00. The molecule has 0 bridgehead atoms. The Hall–Kier alpha value is -2.48. The molecule has 2 saturated heterocycles. The number of hydrogen-bond donors (Lipinski definition) is 3. The molecule has 0 spiro atoms. The van der Waals surface area contributed by atoms with Gasteiger partial charge in [-0.25, -0.2) is 0 Å². The standard InChI is InChI=1S/C22H23NO6/c1-23-20(26)15-8-11(10-24)22(28)16(19(15)21(23)27)9-18(29-22)14-6-7-17(25)13-5-3-2-4-12(13)14/h2-7,11,15-16,18-19,24-25,28H,8-10H2,1H3/t11-,15+,16+,18+,19+,22-/m1/s1. The quantitative estimate of drug-likeness (QED) is 0.664. The second kappa shape index (κ2) is 6.26. The minimum absolute atomic E-state index is 0.157. The van der Waals surface area contributed by atoms with Gasteiger partial charge < -0.3 is 20.1 Å². The van der Waals surface area contributed by atoms with Gasteiger partial charge in [0.25, 0.3) is 0 Å². The molecule has 29 heavy (non-hydrogen) atoms. The molecule has 2 aromatic rings. The van der Waals surface area contributed by atoms with Crippen molar-refractivity contribution in [3.05, 3.63) is 42.0 Å². The number of phenols is 1. The van der Waals surface area contributed by atoms with Crippen molar-refractivity contribution in [1.29, 1.82) is 0 Å². The van der Waals surface area contributed by atoms with Crippen LogP contribution in [0, 0.1) is 23.7 Å². The van der Waals surface area contributed by atoms with Gasteiger partial charge in [-0.1, -0.05) is 30.3 Å². The fraction of sp³-hybridized carbons (Fsp3) is 0.455. The summed E-state index contributed by atoms with van der Waals surface area (Å²) in [7, 11) is 1.47. The van der Waals surface area contributed by atoms with Crippen LogP contribution in [0.5, 0.6) is 5.75 Å². The molecule has 0 aromatic heterocycles. The molecule has 2 aromatic carbocycles. The van der Waals surface area contributed by atoms with Crippen LogP contribution in [0.15, 0.2) is 36.4 Å². The lowest BCUT2D eigenvalue weighted by molar-refractivity contribution is -0.273. The second-order valence-corrected chi connectivity index (χ2v) is 8.40. The lowest BCUT2D eigenvalue weighted by Gasteiger charge is -2.44. The van der Waals surface area contributed by atoms with Crippen molar-refractivity contribution >= 4 is 22.6 Å². The molecule has 7 heteroatoms. The first-order chi connectivity index (χ1) is 13.9. The Morgan fingerprint density at radius 1 is 1.10 bits per heavy atom. The summed E-state index contributed by atoms with van der Waals surface area (Å²) in [4.78, 5) is 26.5. The van der Waals surface area contributed by atoms with Gasteiger partial charge in [0.1, 0.15) is 5.75 Å². The largest absolute Gasteiger partial charge is 0.507 e. The van der Waals surface area contributed by atoms with E-state index in [-0.39, 0.29) is 30.6 Å². The van der Waals surface area contributed by atoms with Crippen LogP contribution in [0.25, 0.3) is 10.8 Å². The van der Waals surface area contributed by atoms with Gasteiger partial charge in [0.05, 0.1) is 24.5 Å². The highest BCUT2D eigenvalue weighted by atomic mass is 16.6. The summed E-state index contributed by atoms with van der Waals surface area (Å²) >= 11 is 0. The van der Waals surface area contributed by atoms with E-state index in [0.717, 1.165) is 15.8 Å². The predicted octanol–water partition coefficient (Wildman–Crippen LogP) is 1.55. The third-order valence-electron chi connectivity index (χ3n) is 7.09. The van der Waals surface area contributed by atoms with Crippen molar-refractivity contribution < 1.29 is 29.6 Å². The number of phenolic OH excluding ortho intramolecular Hbond substituents is 1. The van der Waals surface area contributed by atoms with E-state index in [9.17, 15) is 24.9 Å². The topological polar surface area (TPSA) is 107 Å². The Balaban J connectivity index is 1.59. The summed E-state index contributed by atoms with van der Waals surface area (Å²) < 4.78 is 6.15. The van der Waals surface area contributed by atoms with E-state index in [0.29, 0.717) is 11.8 Å². The Labute approximate surface area is 167 Å². The minimum atomic E-state index is -1.68. The van der Waals surface area contributed by atoms with Crippen molar-refractivity contribution in [3.8, 4) is 5.75 Å².